The second kappa shape index (κ2) is 8.07. The van der Waals surface area contributed by atoms with Gasteiger partial charge in [-0.1, -0.05) is 0 Å². The Kier molecular flexibility index (Phi) is 6.37. The summed E-state index contributed by atoms with van der Waals surface area (Å²) in [5.74, 6) is 0.563. The number of hydrogen-bond donors (Lipinski definition) is 0. The number of methoxy groups -OCH3 is 1. The molecule has 3 unspecified atom stereocenters. The molecule has 2 heterocycles. The predicted molar refractivity (Wildman–Crippen MR) is 65.7 cm³/mol. The Morgan fingerprint density at radius 3 is 2.83 bits per heavy atom. The van der Waals surface area contributed by atoms with E-state index >= 15 is 0 Å². The van der Waals surface area contributed by atoms with Crippen molar-refractivity contribution in [2.45, 2.75) is 25.0 Å². The van der Waals surface area contributed by atoms with Crippen molar-refractivity contribution in [3.8, 4) is 0 Å². The molecule has 0 N–H and O–H groups in total. The van der Waals surface area contributed by atoms with E-state index in [9.17, 15) is 0 Å². The summed E-state index contributed by atoms with van der Waals surface area (Å²) in [5, 5.41) is 0. The van der Waals surface area contributed by atoms with Crippen LogP contribution < -0.4 is 0 Å². The lowest BCUT2D eigenvalue weighted by molar-refractivity contribution is -0.122. The lowest BCUT2D eigenvalue weighted by Gasteiger charge is -2.24. The topological polar surface area (TPSA) is 46.2 Å². The van der Waals surface area contributed by atoms with Gasteiger partial charge < -0.3 is 23.7 Å². The molecule has 2 rings (SSSR count). The van der Waals surface area contributed by atoms with Gasteiger partial charge in [-0.2, -0.15) is 0 Å². The van der Waals surface area contributed by atoms with Gasteiger partial charge in [-0.15, -0.1) is 0 Å². The molecule has 0 spiro atoms. The average Bonchev–Trinajstić information content (AvgIpc) is 2.85. The van der Waals surface area contributed by atoms with Crippen LogP contribution in [0.3, 0.4) is 0 Å². The Balaban J connectivity index is 1.59. The van der Waals surface area contributed by atoms with Crippen molar-refractivity contribution in [2.75, 3.05) is 53.4 Å². The van der Waals surface area contributed by atoms with Crippen LogP contribution in [0.15, 0.2) is 0 Å². The largest absolute Gasteiger partial charge is 0.385 e. The zero-order valence-electron chi connectivity index (χ0n) is 11.1. The van der Waals surface area contributed by atoms with Crippen molar-refractivity contribution in [3.05, 3.63) is 0 Å². The van der Waals surface area contributed by atoms with Gasteiger partial charge in [0.05, 0.1) is 39.1 Å². The van der Waals surface area contributed by atoms with Crippen molar-refractivity contribution >= 4 is 0 Å². The Morgan fingerprint density at radius 1 is 1.11 bits per heavy atom. The molecule has 2 aliphatic rings. The van der Waals surface area contributed by atoms with Gasteiger partial charge >= 0.3 is 0 Å². The second-order valence-corrected chi connectivity index (χ2v) is 4.84. The van der Waals surface area contributed by atoms with Gasteiger partial charge in [-0.3, -0.25) is 0 Å². The number of rotatable bonds is 7. The van der Waals surface area contributed by atoms with E-state index in [1.54, 1.807) is 7.11 Å². The van der Waals surface area contributed by atoms with Gasteiger partial charge in [0.1, 0.15) is 6.10 Å². The van der Waals surface area contributed by atoms with Crippen molar-refractivity contribution in [3.63, 3.8) is 0 Å². The van der Waals surface area contributed by atoms with Gasteiger partial charge in [0, 0.05) is 20.3 Å². The zero-order chi connectivity index (χ0) is 12.6. The van der Waals surface area contributed by atoms with Crippen LogP contribution in [0.1, 0.15) is 12.8 Å². The van der Waals surface area contributed by atoms with E-state index in [1.807, 2.05) is 0 Å². The first kappa shape index (κ1) is 14.2. The summed E-state index contributed by atoms with van der Waals surface area (Å²) in [7, 11) is 1.74. The highest BCUT2D eigenvalue weighted by Crippen LogP contribution is 2.24. The molecule has 5 heteroatoms. The van der Waals surface area contributed by atoms with Gasteiger partial charge in [0.2, 0.25) is 0 Å². The third kappa shape index (κ3) is 4.48. The van der Waals surface area contributed by atoms with Crippen molar-refractivity contribution in [1.29, 1.82) is 0 Å². The molecule has 0 amide bonds. The van der Waals surface area contributed by atoms with E-state index in [0.29, 0.717) is 39.0 Å². The lowest BCUT2D eigenvalue weighted by Crippen LogP contribution is -2.34. The van der Waals surface area contributed by atoms with Crippen molar-refractivity contribution in [2.24, 2.45) is 5.92 Å². The first-order valence-corrected chi connectivity index (χ1v) is 6.77. The summed E-state index contributed by atoms with van der Waals surface area (Å²) in [6.07, 6.45) is 2.45. The number of ether oxygens (including phenoxy) is 5. The molecule has 3 atom stereocenters. The van der Waals surface area contributed by atoms with Crippen LogP contribution in [0.25, 0.3) is 0 Å². The Hall–Kier alpha value is -0.200. The molecule has 0 saturated carbocycles. The SMILES string of the molecule is COCCC1CCOC1COCC1COCCO1. The van der Waals surface area contributed by atoms with Crippen LogP contribution in [0.4, 0.5) is 0 Å². The third-order valence-corrected chi connectivity index (χ3v) is 3.51. The molecule has 0 radical (unpaired) electrons. The highest BCUT2D eigenvalue weighted by atomic mass is 16.6. The standard InChI is InChI=1S/C13H24O5/c1-14-4-2-11-3-5-18-13(11)10-16-9-12-8-15-6-7-17-12/h11-13H,2-10H2,1H3. The van der Waals surface area contributed by atoms with Gasteiger partial charge in [0.25, 0.3) is 0 Å². The Labute approximate surface area is 109 Å². The molecule has 0 aliphatic carbocycles. The number of hydrogen-bond acceptors (Lipinski definition) is 5. The minimum absolute atomic E-state index is 0.0811. The Morgan fingerprint density at radius 2 is 2.06 bits per heavy atom. The van der Waals surface area contributed by atoms with E-state index in [2.05, 4.69) is 0 Å². The predicted octanol–water partition coefficient (Wildman–Crippen LogP) is 0.860. The van der Waals surface area contributed by atoms with Crippen LogP contribution in [0.2, 0.25) is 0 Å². The summed E-state index contributed by atoms with van der Waals surface area (Å²) in [6, 6.07) is 0. The first-order chi connectivity index (χ1) is 8.90. The van der Waals surface area contributed by atoms with E-state index in [4.69, 9.17) is 23.7 Å². The maximum Gasteiger partial charge on any atom is 0.104 e. The van der Waals surface area contributed by atoms with Crippen LogP contribution >= 0.6 is 0 Å². The van der Waals surface area contributed by atoms with Crippen LogP contribution in [-0.2, 0) is 23.7 Å². The van der Waals surface area contributed by atoms with E-state index < -0.39 is 0 Å². The molecule has 5 nitrogen and oxygen atoms in total. The molecule has 0 aromatic heterocycles. The fourth-order valence-corrected chi connectivity index (χ4v) is 2.42. The second-order valence-electron chi connectivity index (χ2n) is 4.84. The van der Waals surface area contributed by atoms with E-state index in [0.717, 1.165) is 26.1 Å². The molecular formula is C13H24O5. The summed E-state index contributed by atoms with van der Waals surface area (Å²) < 4.78 is 27.4. The fourth-order valence-electron chi connectivity index (χ4n) is 2.42. The van der Waals surface area contributed by atoms with Gasteiger partial charge in [-0.05, 0) is 18.8 Å². The molecule has 106 valence electrons. The van der Waals surface area contributed by atoms with Gasteiger partial charge in [0.15, 0.2) is 0 Å². The normalized spacial score (nSPS) is 32.8. The summed E-state index contributed by atoms with van der Waals surface area (Å²) >= 11 is 0. The van der Waals surface area contributed by atoms with Gasteiger partial charge in [-0.25, -0.2) is 0 Å². The van der Waals surface area contributed by atoms with E-state index in [1.165, 1.54) is 0 Å². The quantitative estimate of drug-likeness (QED) is 0.679. The molecule has 0 bridgehead atoms. The minimum atomic E-state index is 0.0811. The molecular weight excluding hydrogens is 236 g/mol. The third-order valence-electron chi connectivity index (χ3n) is 3.51. The fraction of sp³-hybridized carbons (Fsp3) is 1.00. The smallest absolute Gasteiger partial charge is 0.104 e. The molecule has 0 aromatic carbocycles. The maximum absolute atomic E-state index is 5.70. The highest BCUT2D eigenvalue weighted by molar-refractivity contribution is 4.76. The van der Waals surface area contributed by atoms with Crippen LogP contribution in [-0.4, -0.2) is 65.6 Å². The summed E-state index contributed by atoms with van der Waals surface area (Å²) in [4.78, 5) is 0. The molecule has 0 aromatic rings. The molecule has 2 aliphatic heterocycles. The monoisotopic (exact) mass is 260 g/mol. The molecule has 18 heavy (non-hydrogen) atoms. The lowest BCUT2D eigenvalue weighted by atomic mass is 9.99. The first-order valence-electron chi connectivity index (χ1n) is 6.77. The summed E-state index contributed by atoms with van der Waals surface area (Å²) in [6.45, 7) is 4.88. The van der Waals surface area contributed by atoms with Crippen molar-refractivity contribution in [1.82, 2.24) is 0 Å². The maximum atomic E-state index is 5.70. The molecule has 2 saturated heterocycles. The minimum Gasteiger partial charge on any atom is -0.385 e. The van der Waals surface area contributed by atoms with Crippen LogP contribution in [0.5, 0.6) is 0 Å². The van der Waals surface area contributed by atoms with E-state index in [-0.39, 0.29) is 12.2 Å². The van der Waals surface area contributed by atoms with Crippen molar-refractivity contribution < 1.29 is 23.7 Å². The zero-order valence-corrected chi connectivity index (χ0v) is 11.1. The van der Waals surface area contributed by atoms with Crippen LogP contribution in [0, 0.1) is 5.92 Å². The highest BCUT2D eigenvalue weighted by Gasteiger charge is 2.28. The molecule has 2 fully saturated rings. The average molecular weight is 260 g/mol. The Bertz CT molecular complexity index is 217. The summed E-state index contributed by atoms with van der Waals surface area (Å²) in [5.41, 5.74) is 0.